The van der Waals surface area contributed by atoms with Gasteiger partial charge >= 0.3 is 10.4 Å². The van der Waals surface area contributed by atoms with Gasteiger partial charge in [0.2, 0.25) is 24.0 Å². The lowest BCUT2D eigenvalue weighted by molar-refractivity contribution is -0.242. The molecular weight excluding hydrogens is 688 g/mol. The van der Waals surface area contributed by atoms with Crippen LogP contribution in [0.15, 0.2) is 54.6 Å². The molecule has 1 fully saturated rings. The highest BCUT2D eigenvalue weighted by Crippen LogP contribution is 2.26. The minimum atomic E-state index is -4.87. The van der Waals surface area contributed by atoms with Crippen molar-refractivity contribution in [3.8, 4) is 5.75 Å². The second kappa shape index (κ2) is 20.7. The lowest BCUT2D eigenvalue weighted by Crippen LogP contribution is -2.65. The predicted octanol–water partition coefficient (Wildman–Crippen LogP) is 1.78. The van der Waals surface area contributed by atoms with Gasteiger partial charge < -0.3 is 40.5 Å². The van der Waals surface area contributed by atoms with E-state index in [9.17, 15) is 37.8 Å². The molecule has 1 aliphatic rings. The molecule has 5 atom stereocenters. The molecule has 0 aromatic heterocycles. The van der Waals surface area contributed by atoms with Crippen LogP contribution in [0, 0.1) is 0 Å². The first-order chi connectivity index (χ1) is 24.3. The summed E-state index contributed by atoms with van der Waals surface area (Å²) < 4.78 is 46.6. The van der Waals surface area contributed by atoms with Crippen LogP contribution in [-0.4, -0.2) is 109 Å². The Morgan fingerprint density at radius 2 is 1.61 bits per heavy atom. The number of anilines is 1. The molecule has 5 unspecified atom stereocenters. The van der Waals surface area contributed by atoms with Gasteiger partial charge in [0, 0.05) is 50.7 Å². The van der Waals surface area contributed by atoms with Crippen molar-refractivity contribution >= 4 is 39.7 Å². The van der Waals surface area contributed by atoms with Gasteiger partial charge in [-0.2, -0.15) is 8.42 Å². The predicted molar refractivity (Wildman–Crippen MR) is 185 cm³/mol. The highest BCUT2D eigenvalue weighted by molar-refractivity contribution is 7.80. The van der Waals surface area contributed by atoms with E-state index in [0.29, 0.717) is 30.8 Å². The summed E-state index contributed by atoms with van der Waals surface area (Å²) in [6.45, 7) is 3.59. The summed E-state index contributed by atoms with van der Waals surface area (Å²) in [5.41, 5.74) is 1.02. The van der Waals surface area contributed by atoms with Crippen molar-refractivity contribution in [3.63, 3.8) is 0 Å². The van der Waals surface area contributed by atoms with Gasteiger partial charge in [-0.05, 0) is 62.1 Å². The number of aliphatic hydroxyl groups is 2. The van der Waals surface area contributed by atoms with E-state index in [0.717, 1.165) is 32.1 Å². The topological polar surface area (TPSA) is 230 Å². The second-order valence-corrected chi connectivity index (χ2v) is 13.2. The summed E-state index contributed by atoms with van der Waals surface area (Å²) in [5, 5.41) is 29.1. The van der Waals surface area contributed by atoms with Crippen LogP contribution >= 0.6 is 0 Å². The molecule has 1 aliphatic heterocycles. The van der Waals surface area contributed by atoms with Crippen LogP contribution in [0.1, 0.15) is 69.2 Å². The molecule has 0 aliphatic carbocycles. The van der Waals surface area contributed by atoms with Crippen molar-refractivity contribution in [2.75, 3.05) is 31.6 Å². The van der Waals surface area contributed by atoms with Gasteiger partial charge in [-0.3, -0.25) is 23.7 Å². The smallest absolute Gasteiger partial charge is 0.397 e. The highest BCUT2D eigenvalue weighted by Gasteiger charge is 2.46. The van der Waals surface area contributed by atoms with Crippen LogP contribution in [0.3, 0.4) is 0 Å². The largest absolute Gasteiger partial charge is 0.463 e. The third kappa shape index (κ3) is 14.6. The Morgan fingerprint density at radius 3 is 2.25 bits per heavy atom. The van der Waals surface area contributed by atoms with Crippen LogP contribution in [-0.2, 0) is 33.7 Å². The lowest BCUT2D eigenvalue weighted by Gasteiger charge is -2.42. The SMILES string of the molecule is CCCCC(=O)N(CCCCCNC(=O)c1ccccc1)CCC(=O)Nc1ccc(OC2OC(COS(=O)(=O)O)C(O)C(O)C2NC(C)=O)cc1. The first-order valence-corrected chi connectivity index (χ1v) is 18.2. The standard InChI is InChI=1S/C34H48N4O12S/c1-3-4-13-29(41)38(20-10-6-9-19-35-33(44)24-11-7-5-8-12-24)21-18-28(40)37-25-14-16-26(17-15-25)49-34-30(36-23(2)39)32(43)31(42)27(50-34)22-48-51(45,46)47/h5,7-8,11-12,14-17,27,30-32,34,42-43H,3-4,6,9-10,13,18-22H2,1-2H3,(H,35,44)(H,36,39)(H,37,40)(H,45,46,47). The number of hydrogen-bond acceptors (Lipinski definition) is 11. The van der Waals surface area contributed by atoms with Crippen LogP contribution in [0.2, 0.25) is 0 Å². The maximum atomic E-state index is 12.9. The van der Waals surface area contributed by atoms with Gasteiger partial charge in [0.15, 0.2) is 0 Å². The number of nitrogens with one attached hydrogen (secondary N) is 3. The summed E-state index contributed by atoms with van der Waals surface area (Å²) >= 11 is 0. The number of amides is 4. The molecule has 2 aromatic rings. The molecule has 16 nitrogen and oxygen atoms in total. The number of ether oxygens (including phenoxy) is 2. The van der Waals surface area contributed by atoms with Crippen LogP contribution in [0.25, 0.3) is 0 Å². The van der Waals surface area contributed by atoms with Crippen LogP contribution in [0.4, 0.5) is 5.69 Å². The Hall–Kier alpha value is -4.13. The minimum absolute atomic E-state index is 0.0181. The zero-order chi connectivity index (χ0) is 37.4. The van der Waals surface area contributed by atoms with Crippen molar-refractivity contribution in [3.05, 3.63) is 60.2 Å². The number of nitrogens with zero attached hydrogens (tertiary/aromatic N) is 1. The lowest BCUT2D eigenvalue weighted by atomic mass is 9.97. The van der Waals surface area contributed by atoms with Crippen molar-refractivity contribution in [2.24, 2.45) is 0 Å². The van der Waals surface area contributed by atoms with E-state index in [1.165, 1.54) is 31.2 Å². The molecule has 17 heteroatoms. The molecule has 1 saturated heterocycles. The average Bonchev–Trinajstić information content (AvgIpc) is 3.09. The van der Waals surface area contributed by atoms with Crippen molar-refractivity contribution in [1.29, 1.82) is 0 Å². The third-order valence-electron chi connectivity index (χ3n) is 7.97. The fourth-order valence-corrected chi connectivity index (χ4v) is 5.57. The molecule has 1 heterocycles. The molecule has 0 saturated carbocycles. The first-order valence-electron chi connectivity index (χ1n) is 16.9. The quantitative estimate of drug-likeness (QED) is 0.0845. The molecule has 282 valence electrons. The summed E-state index contributed by atoms with van der Waals surface area (Å²) in [7, 11) is -4.87. The average molecular weight is 737 g/mol. The van der Waals surface area contributed by atoms with Gasteiger partial charge in [0.25, 0.3) is 5.91 Å². The number of carbonyl (C=O) groups is 4. The van der Waals surface area contributed by atoms with Gasteiger partial charge in [-0.15, -0.1) is 0 Å². The van der Waals surface area contributed by atoms with Crippen molar-refractivity contribution in [1.82, 2.24) is 15.5 Å². The van der Waals surface area contributed by atoms with E-state index in [1.807, 2.05) is 13.0 Å². The van der Waals surface area contributed by atoms with Crippen LogP contribution in [0.5, 0.6) is 5.75 Å². The molecule has 4 amide bonds. The Morgan fingerprint density at radius 1 is 0.902 bits per heavy atom. The summed E-state index contributed by atoms with van der Waals surface area (Å²) in [6, 6.07) is 13.7. The first kappa shape index (κ1) is 41.3. The second-order valence-electron chi connectivity index (χ2n) is 12.1. The molecule has 0 radical (unpaired) electrons. The number of unbranched alkanes of at least 4 members (excludes halogenated alkanes) is 3. The van der Waals surface area contributed by atoms with Crippen LogP contribution < -0.4 is 20.7 Å². The van der Waals surface area contributed by atoms with Gasteiger partial charge in [-0.1, -0.05) is 31.5 Å². The number of hydrogen-bond donors (Lipinski definition) is 6. The zero-order valence-corrected chi connectivity index (χ0v) is 29.5. The minimum Gasteiger partial charge on any atom is -0.463 e. The van der Waals surface area contributed by atoms with Gasteiger partial charge in [0.05, 0.1) is 6.61 Å². The zero-order valence-electron chi connectivity index (χ0n) is 28.7. The number of benzene rings is 2. The number of carbonyl (C=O) groups excluding carboxylic acids is 4. The van der Waals surface area contributed by atoms with E-state index in [2.05, 4.69) is 20.1 Å². The maximum Gasteiger partial charge on any atom is 0.397 e. The van der Waals surface area contributed by atoms with Crippen molar-refractivity contribution in [2.45, 2.75) is 89.4 Å². The molecule has 51 heavy (non-hydrogen) atoms. The van der Waals surface area contributed by atoms with Gasteiger partial charge in [-0.25, -0.2) is 4.18 Å². The normalized spacial score (nSPS) is 20.2. The molecule has 0 bridgehead atoms. The molecule has 2 aromatic carbocycles. The van der Waals surface area contributed by atoms with E-state index in [-0.39, 0.29) is 36.4 Å². The number of aliphatic hydroxyl groups excluding tert-OH is 2. The summed E-state index contributed by atoms with van der Waals surface area (Å²) in [5.74, 6) is -0.853. The summed E-state index contributed by atoms with van der Waals surface area (Å²) in [6.07, 6.45) is -1.87. The number of rotatable bonds is 20. The maximum absolute atomic E-state index is 12.9. The molecule has 6 N–H and O–H groups in total. The molecular formula is C34H48N4O12S. The highest BCUT2D eigenvalue weighted by atomic mass is 32.3. The Kier molecular flexibility index (Phi) is 16.7. The monoisotopic (exact) mass is 736 g/mol. The Labute approximate surface area is 297 Å². The molecule has 3 rings (SSSR count). The molecule has 0 spiro atoms. The summed E-state index contributed by atoms with van der Waals surface area (Å²) in [4.78, 5) is 51.4. The fourth-order valence-electron chi connectivity index (χ4n) is 5.27. The van der Waals surface area contributed by atoms with E-state index < -0.39 is 53.6 Å². The Bertz CT molecular complexity index is 1530. The van der Waals surface area contributed by atoms with E-state index >= 15 is 0 Å². The van der Waals surface area contributed by atoms with Crippen molar-refractivity contribution < 1.29 is 56.0 Å². The van der Waals surface area contributed by atoms with E-state index in [1.54, 1.807) is 29.2 Å². The fraction of sp³-hybridized carbons (Fsp3) is 0.529. The third-order valence-corrected chi connectivity index (χ3v) is 8.41. The Balaban J connectivity index is 1.50. The van der Waals surface area contributed by atoms with E-state index in [4.69, 9.17) is 14.0 Å². The van der Waals surface area contributed by atoms with Gasteiger partial charge in [0.1, 0.15) is 30.1 Å².